The topological polar surface area (TPSA) is 30.5 Å². The number of fused-ring (bicyclic) bond motifs is 1. The Balaban J connectivity index is 1.81. The van der Waals surface area contributed by atoms with E-state index >= 15 is 0 Å². The summed E-state index contributed by atoms with van der Waals surface area (Å²) < 4.78 is 12.0. The van der Waals surface area contributed by atoms with Gasteiger partial charge >= 0.3 is 0 Å². The largest absolute Gasteiger partial charge is 0.486 e. The van der Waals surface area contributed by atoms with Crippen molar-refractivity contribution < 1.29 is 9.47 Å². The lowest BCUT2D eigenvalue weighted by Gasteiger charge is -2.32. The van der Waals surface area contributed by atoms with Crippen molar-refractivity contribution in [3.63, 3.8) is 0 Å². The van der Waals surface area contributed by atoms with Gasteiger partial charge in [0.1, 0.15) is 6.61 Å². The lowest BCUT2D eigenvalue weighted by molar-refractivity contribution is 0.0626. The predicted octanol–water partition coefficient (Wildman–Crippen LogP) is 3.94. The second kappa shape index (κ2) is 6.50. The van der Waals surface area contributed by atoms with Crippen LogP contribution in [0.25, 0.3) is 0 Å². The molecule has 112 valence electrons. The fourth-order valence-corrected chi connectivity index (χ4v) is 3.54. The summed E-state index contributed by atoms with van der Waals surface area (Å²) >= 11 is 1.82. The monoisotopic (exact) mass is 303 g/mol. The molecule has 3 rings (SSSR count). The van der Waals surface area contributed by atoms with Crippen molar-refractivity contribution in [2.45, 2.75) is 32.4 Å². The summed E-state index contributed by atoms with van der Waals surface area (Å²) in [7, 11) is 0. The molecule has 1 aromatic carbocycles. The van der Waals surface area contributed by atoms with Crippen molar-refractivity contribution in [2.24, 2.45) is 0 Å². The van der Waals surface area contributed by atoms with E-state index in [1.807, 2.05) is 35.6 Å². The summed E-state index contributed by atoms with van der Waals surface area (Å²) in [4.78, 5) is 2.64. The summed E-state index contributed by atoms with van der Waals surface area (Å²) in [5.41, 5.74) is 0. The van der Waals surface area contributed by atoms with Crippen molar-refractivity contribution in [3.8, 4) is 11.5 Å². The quantitative estimate of drug-likeness (QED) is 0.907. The van der Waals surface area contributed by atoms with Gasteiger partial charge in [0.05, 0.1) is 6.04 Å². The SMILES string of the molecule is CCCNC(c1ccc(C)s1)C1COc2ccccc2O1. The average molecular weight is 303 g/mol. The molecule has 0 aliphatic carbocycles. The van der Waals surface area contributed by atoms with Gasteiger partial charge in [-0.15, -0.1) is 11.3 Å². The Morgan fingerprint density at radius 1 is 1.24 bits per heavy atom. The number of ether oxygens (including phenoxy) is 2. The third-order valence-electron chi connectivity index (χ3n) is 3.58. The Bertz CT molecular complexity index is 596. The first-order chi connectivity index (χ1) is 10.3. The highest BCUT2D eigenvalue weighted by atomic mass is 32.1. The van der Waals surface area contributed by atoms with E-state index in [9.17, 15) is 0 Å². The molecule has 0 radical (unpaired) electrons. The molecule has 2 atom stereocenters. The van der Waals surface area contributed by atoms with Crippen LogP contribution in [0.2, 0.25) is 0 Å². The van der Waals surface area contributed by atoms with Gasteiger partial charge in [-0.3, -0.25) is 0 Å². The van der Waals surface area contributed by atoms with Crippen LogP contribution in [0, 0.1) is 6.92 Å². The summed E-state index contributed by atoms with van der Waals surface area (Å²) in [6, 6.07) is 12.4. The third-order valence-corrected chi connectivity index (χ3v) is 4.67. The first-order valence-corrected chi connectivity index (χ1v) is 8.27. The van der Waals surface area contributed by atoms with E-state index in [1.54, 1.807) is 0 Å². The number of aryl methyl sites for hydroxylation is 1. The van der Waals surface area contributed by atoms with Crippen LogP contribution in [-0.2, 0) is 0 Å². The molecule has 0 bridgehead atoms. The van der Waals surface area contributed by atoms with Crippen LogP contribution in [0.1, 0.15) is 29.1 Å². The minimum absolute atomic E-state index is 0.00417. The lowest BCUT2D eigenvalue weighted by atomic mass is 10.1. The number of benzene rings is 1. The molecule has 0 saturated carbocycles. The van der Waals surface area contributed by atoms with Gasteiger partial charge in [-0.05, 0) is 44.2 Å². The Kier molecular flexibility index (Phi) is 4.46. The van der Waals surface area contributed by atoms with Gasteiger partial charge in [0.15, 0.2) is 17.6 Å². The second-order valence-electron chi connectivity index (χ2n) is 5.29. The zero-order valence-electron chi connectivity index (χ0n) is 12.5. The Morgan fingerprint density at radius 3 is 2.76 bits per heavy atom. The fourth-order valence-electron chi connectivity index (χ4n) is 2.54. The predicted molar refractivity (Wildman–Crippen MR) is 86.4 cm³/mol. The van der Waals surface area contributed by atoms with Gasteiger partial charge in [-0.2, -0.15) is 0 Å². The van der Waals surface area contributed by atoms with Crippen LogP contribution < -0.4 is 14.8 Å². The van der Waals surface area contributed by atoms with Crippen molar-refractivity contribution in [2.75, 3.05) is 13.2 Å². The molecule has 3 nitrogen and oxygen atoms in total. The number of thiophene rings is 1. The Hall–Kier alpha value is -1.52. The molecular weight excluding hydrogens is 282 g/mol. The standard InChI is InChI=1S/C17H21NO2S/c1-3-10-18-17(16-9-8-12(2)21-16)15-11-19-13-6-4-5-7-14(13)20-15/h4-9,15,17-18H,3,10-11H2,1-2H3. The van der Waals surface area contributed by atoms with E-state index in [0.717, 1.165) is 24.5 Å². The maximum Gasteiger partial charge on any atom is 0.161 e. The molecule has 0 spiro atoms. The third kappa shape index (κ3) is 3.22. The van der Waals surface area contributed by atoms with E-state index in [4.69, 9.17) is 9.47 Å². The number of nitrogens with one attached hydrogen (secondary N) is 1. The summed E-state index contributed by atoms with van der Waals surface area (Å²) in [6.45, 7) is 5.87. The van der Waals surface area contributed by atoms with Crippen LogP contribution in [-0.4, -0.2) is 19.3 Å². The second-order valence-corrected chi connectivity index (χ2v) is 6.61. The van der Waals surface area contributed by atoms with Gasteiger partial charge in [-0.1, -0.05) is 19.1 Å². The van der Waals surface area contributed by atoms with Crippen LogP contribution in [0.5, 0.6) is 11.5 Å². The van der Waals surface area contributed by atoms with E-state index in [1.165, 1.54) is 9.75 Å². The summed E-state index contributed by atoms with van der Waals surface area (Å²) in [5, 5.41) is 3.60. The molecule has 0 amide bonds. The van der Waals surface area contributed by atoms with Gasteiger partial charge in [0, 0.05) is 9.75 Å². The van der Waals surface area contributed by atoms with Crippen molar-refractivity contribution in [1.82, 2.24) is 5.32 Å². The van der Waals surface area contributed by atoms with E-state index in [2.05, 4.69) is 31.3 Å². The van der Waals surface area contributed by atoms with Gasteiger partial charge in [0.25, 0.3) is 0 Å². The normalized spacial score (nSPS) is 18.5. The number of hydrogen-bond donors (Lipinski definition) is 1. The average Bonchev–Trinajstić information content (AvgIpc) is 2.94. The molecule has 4 heteroatoms. The maximum absolute atomic E-state index is 6.17. The molecule has 1 aliphatic rings. The van der Waals surface area contributed by atoms with E-state index in [0.29, 0.717) is 6.61 Å². The number of rotatable bonds is 5. The zero-order valence-corrected chi connectivity index (χ0v) is 13.3. The summed E-state index contributed by atoms with van der Waals surface area (Å²) in [6.07, 6.45) is 1.11. The molecular formula is C17H21NO2S. The number of hydrogen-bond acceptors (Lipinski definition) is 4. The molecule has 1 aliphatic heterocycles. The summed E-state index contributed by atoms with van der Waals surface area (Å²) in [5.74, 6) is 1.68. The van der Waals surface area contributed by atoms with Crippen molar-refractivity contribution in [3.05, 3.63) is 46.2 Å². The molecule has 0 saturated heterocycles. The van der Waals surface area contributed by atoms with Gasteiger partial charge < -0.3 is 14.8 Å². The van der Waals surface area contributed by atoms with Gasteiger partial charge in [-0.25, -0.2) is 0 Å². The van der Waals surface area contributed by atoms with E-state index in [-0.39, 0.29) is 12.1 Å². The highest BCUT2D eigenvalue weighted by Gasteiger charge is 2.30. The first-order valence-electron chi connectivity index (χ1n) is 7.46. The van der Waals surface area contributed by atoms with Crippen LogP contribution in [0.15, 0.2) is 36.4 Å². The van der Waals surface area contributed by atoms with Crippen LogP contribution in [0.4, 0.5) is 0 Å². The van der Waals surface area contributed by atoms with Crippen LogP contribution in [0.3, 0.4) is 0 Å². The highest BCUT2D eigenvalue weighted by Crippen LogP contribution is 2.35. The zero-order chi connectivity index (χ0) is 14.7. The molecule has 1 N–H and O–H groups in total. The van der Waals surface area contributed by atoms with Crippen LogP contribution >= 0.6 is 11.3 Å². The van der Waals surface area contributed by atoms with Gasteiger partial charge in [0.2, 0.25) is 0 Å². The maximum atomic E-state index is 6.17. The molecule has 0 fully saturated rings. The highest BCUT2D eigenvalue weighted by molar-refractivity contribution is 7.12. The molecule has 1 aromatic heterocycles. The minimum Gasteiger partial charge on any atom is -0.486 e. The Morgan fingerprint density at radius 2 is 2.05 bits per heavy atom. The smallest absolute Gasteiger partial charge is 0.161 e. The molecule has 2 heterocycles. The fraction of sp³-hybridized carbons (Fsp3) is 0.412. The first kappa shape index (κ1) is 14.4. The lowest BCUT2D eigenvalue weighted by Crippen LogP contribution is -2.41. The Labute approximate surface area is 129 Å². The van der Waals surface area contributed by atoms with Crippen molar-refractivity contribution in [1.29, 1.82) is 0 Å². The minimum atomic E-state index is 0.00417. The molecule has 21 heavy (non-hydrogen) atoms. The molecule has 2 unspecified atom stereocenters. The van der Waals surface area contributed by atoms with E-state index < -0.39 is 0 Å². The number of para-hydroxylation sites is 2. The molecule has 2 aromatic rings. The van der Waals surface area contributed by atoms with Crippen molar-refractivity contribution >= 4 is 11.3 Å².